The topological polar surface area (TPSA) is 3.24 Å². The number of anilines is 3. The van der Waals surface area contributed by atoms with Gasteiger partial charge in [-0.15, -0.1) is 11.3 Å². The van der Waals surface area contributed by atoms with Gasteiger partial charge in [-0.05, 0) is 137 Å². The van der Waals surface area contributed by atoms with Crippen molar-refractivity contribution in [3.8, 4) is 55.6 Å². The summed E-state index contributed by atoms with van der Waals surface area (Å²) in [6, 6.07) is 102. The largest absolute Gasteiger partial charge is 0.309 e. The van der Waals surface area contributed by atoms with Crippen molar-refractivity contribution in [1.82, 2.24) is 0 Å². The van der Waals surface area contributed by atoms with Crippen molar-refractivity contribution < 1.29 is 0 Å². The van der Waals surface area contributed by atoms with Crippen molar-refractivity contribution in [2.24, 2.45) is 0 Å². The van der Waals surface area contributed by atoms with Crippen LogP contribution in [0.4, 0.5) is 17.1 Å². The Bertz CT molecular complexity index is 4310. The maximum absolute atomic E-state index is 2.55. The lowest BCUT2D eigenvalue weighted by Gasteiger charge is -2.41. The number of hydrogen-bond donors (Lipinski definition) is 0. The third-order valence-corrected chi connectivity index (χ3v) is 17.9. The Morgan fingerprint density at radius 3 is 1.61 bits per heavy atom. The summed E-state index contributed by atoms with van der Waals surface area (Å²) in [7, 11) is 0. The van der Waals surface area contributed by atoms with E-state index in [1.165, 1.54) is 119 Å². The second-order valence-electron chi connectivity index (χ2n) is 19.5. The number of benzene rings is 12. The van der Waals surface area contributed by atoms with Crippen LogP contribution in [0.5, 0.6) is 0 Å². The summed E-state index contributed by atoms with van der Waals surface area (Å²) in [5.41, 5.74) is 20.5. The predicted molar refractivity (Wildman–Crippen MR) is 315 cm³/mol. The summed E-state index contributed by atoms with van der Waals surface area (Å²) < 4.78 is 2.55. The van der Waals surface area contributed by atoms with E-state index in [0.717, 1.165) is 17.1 Å². The van der Waals surface area contributed by atoms with E-state index in [4.69, 9.17) is 0 Å². The molecule has 0 atom stereocenters. The minimum absolute atomic E-state index is 0.512. The molecule has 1 aromatic heterocycles. The average molecular weight is 976 g/mol. The molecule has 346 valence electrons. The molecular weight excluding hydrogens is 931 g/mol. The van der Waals surface area contributed by atoms with Crippen molar-refractivity contribution in [1.29, 1.82) is 0 Å². The molecule has 2 aliphatic rings. The Morgan fingerprint density at radius 1 is 0.297 bits per heavy atom. The number of rotatable bonds is 7. The second-order valence-corrected chi connectivity index (χ2v) is 21.6. The van der Waals surface area contributed by atoms with E-state index in [9.17, 15) is 0 Å². The maximum Gasteiger partial charge on any atom is 0.0736 e. The standard InChI is InChI=1S/C71H45NS2/c1-3-19-46(20-4-1)52-25-9-10-27-54(52)49-37-40-59-61-45-51(39-42-67(61)73-69(59)43-49)72(50-38-41-55(47-21-5-2-6-22-47)60(44-50)56-30-17-24-48-23-7-8-26-53(48)56)66-35-18-34-65-70(66)74-68-36-16-15-33-64(68)71(65)62-31-13-11-28-57(62)58-29-12-14-32-63(58)71/h1-45H. The molecular formula is C71H45NS2. The van der Waals surface area contributed by atoms with E-state index in [-0.39, 0.29) is 0 Å². The quantitative estimate of drug-likeness (QED) is 0.157. The van der Waals surface area contributed by atoms with Crippen LogP contribution in [0.3, 0.4) is 0 Å². The fourth-order valence-corrected chi connectivity index (χ4v) is 14.8. The monoisotopic (exact) mass is 975 g/mol. The first-order chi connectivity index (χ1) is 36.7. The molecule has 12 aromatic carbocycles. The van der Waals surface area contributed by atoms with Crippen LogP contribution >= 0.6 is 23.1 Å². The Hall–Kier alpha value is -8.73. The third kappa shape index (κ3) is 6.57. The first-order valence-electron chi connectivity index (χ1n) is 25.4. The van der Waals surface area contributed by atoms with E-state index >= 15 is 0 Å². The summed E-state index contributed by atoms with van der Waals surface area (Å²) >= 11 is 3.78. The van der Waals surface area contributed by atoms with Crippen LogP contribution < -0.4 is 4.90 Å². The first-order valence-corrected chi connectivity index (χ1v) is 27.0. The van der Waals surface area contributed by atoms with Gasteiger partial charge in [0.2, 0.25) is 0 Å². The van der Waals surface area contributed by atoms with Crippen molar-refractivity contribution in [3.63, 3.8) is 0 Å². The molecule has 0 saturated carbocycles. The van der Waals surface area contributed by atoms with Crippen LogP contribution in [0, 0.1) is 0 Å². The molecule has 1 nitrogen and oxygen atoms in total. The molecule has 1 aliphatic carbocycles. The first kappa shape index (κ1) is 42.9. The minimum Gasteiger partial charge on any atom is -0.309 e. The van der Waals surface area contributed by atoms with E-state index in [0.29, 0.717) is 0 Å². The zero-order chi connectivity index (χ0) is 48.7. The normalized spacial score (nSPS) is 12.9. The van der Waals surface area contributed by atoms with Gasteiger partial charge in [0.1, 0.15) is 0 Å². The molecule has 0 amide bonds. The molecule has 0 radical (unpaired) electrons. The summed E-state index contributed by atoms with van der Waals surface area (Å²) in [5, 5.41) is 4.98. The molecule has 15 rings (SSSR count). The molecule has 1 spiro atoms. The lowest BCUT2D eigenvalue weighted by molar-refractivity contribution is 0.722. The Morgan fingerprint density at radius 2 is 0.851 bits per heavy atom. The fraction of sp³-hybridized carbons (Fsp3) is 0.0141. The molecule has 0 N–H and O–H groups in total. The fourth-order valence-electron chi connectivity index (χ4n) is 12.4. The Kier molecular flexibility index (Phi) is 9.98. The van der Waals surface area contributed by atoms with Crippen LogP contribution in [-0.4, -0.2) is 0 Å². The average Bonchev–Trinajstić information content (AvgIpc) is 4.08. The summed E-state index contributed by atoms with van der Waals surface area (Å²) in [6.45, 7) is 0. The molecule has 74 heavy (non-hydrogen) atoms. The van der Waals surface area contributed by atoms with Crippen LogP contribution in [0.1, 0.15) is 22.3 Å². The van der Waals surface area contributed by atoms with Gasteiger partial charge < -0.3 is 4.90 Å². The van der Waals surface area contributed by atoms with Gasteiger partial charge in [0.15, 0.2) is 0 Å². The molecule has 0 saturated heterocycles. The van der Waals surface area contributed by atoms with Gasteiger partial charge in [-0.25, -0.2) is 0 Å². The van der Waals surface area contributed by atoms with Crippen molar-refractivity contribution in [2.45, 2.75) is 15.2 Å². The number of nitrogens with zero attached hydrogens (tertiary/aromatic N) is 1. The highest BCUT2D eigenvalue weighted by Crippen LogP contribution is 2.64. The lowest BCUT2D eigenvalue weighted by Crippen LogP contribution is -2.32. The third-order valence-electron chi connectivity index (χ3n) is 15.6. The Balaban J connectivity index is 0.983. The highest BCUT2D eigenvalue weighted by atomic mass is 32.2. The zero-order valence-corrected chi connectivity index (χ0v) is 41.9. The number of fused-ring (bicyclic) bond motifs is 13. The van der Waals surface area contributed by atoms with Gasteiger partial charge in [-0.3, -0.25) is 0 Å². The number of thiophene rings is 1. The van der Waals surface area contributed by atoms with E-state index < -0.39 is 5.41 Å². The van der Waals surface area contributed by atoms with Gasteiger partial charge in [0, 0.05) is 41.3 Å². The van der Waals surface area contributed by atoms with E-state index in [1.54, 1.807) is 0 Å². The van der Waals surface area contributed by atoms with Gasteiger partial charge in [0.25, 0.3) is 0 Å². The second kappa shape index (κ2) is 17.2. The molecule has 0 unspecified atom stereocenters. The lowest BCUT2D eigenvalue weighted by atomic mass is 9.67. The van der Waals surface area contributed by atoms with Crippen LogP contribution in [0.15, 0.2) is 283 Å². The van der Waals surface area contributed by atoms with Crippen LogP contribution in [-0.2, 0) is 5.41 Å². The smallest absolute Gasteiger partial charge is 0.0736 e. The molecule has 3 heteroatoms. The molecule has 2 heterocycles. The highest BCUT2D eigenvalue weighted by molar-refractivity contribution is 7.99. The van der Waals surface area contributed by atoms with Crippen molar-refractivity contribution >= 4 is 71.1 Å². The van der Waals surface area contributed by atoms with Crippen molar-refractivity contribution in [2.75, 3.05) is 4.90 Å². The molecule has 0 bridgehead atoms. The van der Waals surface area contributed by atoms with Gasteiger partial charge >= 0.3 is 0 Å². The summed E-state index contributed by atoms with van der Waals surface area (Å²) in [4.78, 5) is 5.09. The van der Waals surface area contributed by atoms with Crippen LogP contribution in [0.25, 0.3) is 86.6 Å². The predicted octanol–water partition coefficient (Wildman–Crippen LogP) is 20.2. The van der Waals surface area contributed by atoms with Crippen LogP contribution in [0.2, 0.25) is 0 Å². The van der Waals surface area contributed by atoms with Gasteiger partial charge in [-0.2, -0.15) is 0 Å². The van der Waals surface area contributed by atoms with Gasteiger partial charge in [0.05, 0.1) is 11.1 Å². The summed E-state index contributed by atoms with van der Waals surface area (Å²) in [6.07, 6.45) is 0. The SMILES string of the molecule is c1ccc(-c2ccccc2-c2ccc3c(c2)sc2ccc(N(c4ccc(-c5ccccc5)c(-c5cccc6ccccc56)c4)c4cccc5c4Sc4ccccc4C54c5ccccc5-c5ccccc54)cc23)cc1. The molecule has 13 aromatic rings. The Labute approximate surface area is 439 Å². The van der Waals surface area contributed by atoms with E-state index in [1.807, 2.05) is 23.1 Å². The minimum atomic E-state index is -0.512. The van der Waals surface area contributed by atoms with Gasteiger partial charge in [-0.1, -0.05) is 236 Å². The van der Waals surface area contributed by atoms with E-state index in [2.05, 4.69) is 278 Å². The van der Waals surface area contributed by atoms with Crippen molar-refractivity contribution in [3.05, 3.63) is 295 Å². The zero-order valence-electron chi connectivity index (χ0n) is 40.2. The summed E-state index contributed by atoms with van der Waals surface area (Å²) in [5.74, 6) is 0. The highest BCUT2D eigenvalue weighted by Gasteiger charge is 2.50. The maximum atomic E-state index is 2.55. The number of hydrogen-bond acceptors (Lipinski definition) is 3. The molecule has 0 fully saturated rings. The molecule has 1 aliphatic heterocycles.